The van der Waals surface area contributed by atoms with Crippen LogP contribution in [0.15, 0.2) is 24.3 Å². The number of hydrogen-bond acceptors (Lipinski definition) is 3. The molecular formula is C14H18N2O3S. The number of urea groups is 1. The summed E-state index contributed by atoms with van der Waals surface area (Å²) in [5.74, 6) is 0.649. The van der Waals surface area contributed by atoms with Crippen molar-refractivity contribution in [2.75, 3.05) is 23.4 Å². The maximum absolute atomic E-state index is 12.3. The minimum Gasteiger partial charge on any atom is -0.481 e. The van der Waals surface area contributed by atoms with E-state index in [-0.39, 0.29) is 18.5 Å². The number of thioether (sulfide) groups is 1. The lowest BCUT2D eigenvalue weighted by Crippen LogP contribution is -2.49. The monoisotopic (exact) mass is 294 g/mol. The molecule has 0 spiro atoms. The Hall–Kier alpha value is -1.69. The highest BCUT2D eigenvalue weighted by molar-refractivity contribution is 7.99. The van der Waals surface area contributed by atoms with E-state index in [4.69, 9.17) is 5.11 Å². The fourth-order valence-electron chi connectivity index (χ4n) is 2.19. The van der Waals surface area contributed by atoms with Crippen LogP contribution in [0.25, 0.3) is 0 Å². The van der Waals surface area contributed by atoms with E-state index < -0.39 is 5.97 Å². The standard InChI is InChI=1S/C14H18N2O3S/c1-10-4-2-3-5-12(10)15-14(19)16-6-7-20-9-11(16)8-13(17)18/h2-5,11H,6-9H2,1H3,(H,15,19)(H,17,18). The highest BCUT2D eigenvalue weighted by Crippen LogP contribution is 2.21. The molecule has 5 nitrogen and oxygen atoms in total. The molecular weight excluding hydrogens is 276 g/mol. The van der Waals surface area contributed by atoms with Crippen molar-refractivity contribution in [2.45, 2.75) is 19.4 Å². The second-order valence-electron chi connectivity index (χ2n) is 4.77. The van der Waals surface area contributed by atoms with Crippen LogP contribution in [0, 0.1) is 6.92 Å². The third-order valence-corrected chi connectivity index (χ3v) is 4.38. The molecule has 1 aromatic rings. The summed E-state index contributed by atoms with van der Waals surface area (Å²) >= 11 is 1.69. The molecule has 1 aromatic carbocycles. The van der Waals surface area contributed by atoms with E-state index in [1.54, 1.807) is 16.7 Å². The van der Waals surface area contributed by atoms with Crippen molar-refractivity contribution < 1.29 is 14.7 Å². The van der Waals surface area contributed by atoms with Crippen LogP contribution in [0.5, 0.6) is 0 Å². The first kappa shape index (κ1) is 14.7. The second-order valence-corrected chi connectivity index (χ2v) is 5.91. The van der Waals surface area contributed by atoms with Crippen LogP contribution in [0.4, 0.5) is 10.5 Å². The molecule has 1 saturated heterocycles. The predicted octanol–water partition coefficient (Wildman–Crippen LogP) is 2.42. The number of nitrogens with one attached hydrogen (secondary N) is 1. The molecule has 0 bridgehead atoms. The number of carbonyl (C=O) groups is 2. The van der Waals surface area contributed by atoms with Crippen LogP contribution in [0.2, 0.25) is 0 Å². The molecule has 1 aliphatic heterocycles. The van der Waals surface area contributed by atoms with Crippen molar-refractivity contribution in [1.82, 2.24) is 4.90 Å². The van der Waals surface area contributed by atoms with Gasteiger partial charge >= 0.3 is 12.0 Å². The Labute approximate surface area is 122 Å². The Morgan fingerprint density at radius 2 is 2.20 bits per heavy atom. The zero-order valence-electron chi connectivity index (χ0n) is 11.3. The van der Waals surface area contributed by atoms with Gasteiger partial charge in [-0.2, -0.15) is 11.8 Å². The van der Waals surface area contributed by atoms with Gasteiger partial charge in [-0.15, -0.1) is 0 Å². The van der Waals surface area contributed by atoms with Crippen LogP contribution < -0.4 is 5.32 Å². The van der Waals surface area contributed by atoms with Gasteiger partial charge in [-0.1, -0.05) is 18.2 Å². The fraction of sp³-hybridized carbons (Fsp3) is 0.429. The van der Waals surface area contributed by atoms with Gasteiger partial charge in [0, 0.05) is 23.7 Å². The van der Waals surface area contributed by atoms with E-state index in [9.17, 15) is 9.59 Å². The van der Waals surface area contributed by atoms with Gasteiger partial charge in [0.1, 0.15) is 0 Å². The molecule has 20 heavy (non-hydrogen) atoms. The van der Waals surface area contributed by atoms with Gasteiger partial charge < -0.3 is 15.3 Å². The summed E-state index contributed by atoms with van der Waals surface area (Å²) in [6, 6.07) is 7.09. The molecule has 1 aliphatic rings. The zero-order chi connectivity index (χ0) is 14.5. The number of nitrogens with zero attached hydrogens (tertiary/aromatic N) is 1. The minimum atomic E-state index is -0.869. The van der Waals surface area contributed by atoms with Gasteiger partial charge in [-0.05, 0) is 18.6 Å². The lowest BCUT2D eigenvalue weighted by atomic mass is 10.2. The quantitative estimate of drug-likeness (QED) is 0.898. The summed E-state index contributed by atoms with van der Waals surface area (Å²) in [7, 11) is 0. The SMILES string of the molecule is Cc1ccccc1NC(=O)N1CCSCC1CC(=O)O. The number of amides is 2. The molecule has 2 N–H and O–H groups in total. The molecule has 1 heterocycles. The maximum Gasteiger partial charge on any atom is 0.322 e. The number of carboxylic acids is 1. The van der Waals surface area contributed by atoms with Gasteiger partial charge in [0.15, 0.2) is 0 Å². The molecule has 1 atom stereocenters. The Morgan fingerprint density at radius 1 is 1.45 bits per heavy atom. The van der Waals surface area contributed by atoms with Crippen LogP contribution in [0.1, 0.15) is 12.0 Å². The number of aliphatic carboxylic acids is 1. The molecule has 1 unspecified atom stereocenters. The first-order chi connectivity index (χ1) is 9.58. The largest absolute Gasteiger partial charge is 0.481 e. The molecule has 6 heteroatoms. The highest BCUT2D eigenvalue weighted by atomic mass is 32.2. The average molecular weight is 294 g/mol. The molecule has 2 rings (SSSR count). The molecule has 2 amide bonds. The van der Waals surface area contributed by atoms with Crippen LogP contribution >= 0.6 is 11.8 Å². The molecule has 0 aromatic heterocycles. The Bertz CT molecular complexity index is 507. The number of para-hydroxylation sites is 1. The normalized spacial score (nSPS) is 18.6. The zero-order valence-corrected chi connectivity index (χ0v) is 12.2. The number of rotatable bonds is 3. The first-order valence-corrected chi connectivity index (χ1v) is 7.66. The summed E-state index contributed by atoms with van der Waals surface area (Å²) < 4.78 is 0. The van der Waals surface area contributed by atoms with Crippen LogP contribution in [-0.4, -0.2) is 46.1 Å². The smallest absolute Gasteiger partial charge is 0.322 e. The maximum atomic E-state index is 12.3. The number of carboxylic acid groups (broad SMARTS) is 1. The number of carbonyl (C=O) groups excluding carboxylic acids is 1. The fourth-order valence-corrected chi connectivity index (χ4v) is 3.26. The average Bonchev–Trinajstić information content (AvgIpc) is 2.41. The Morgan fingerprint density at radius 3 is 2.90 bits per heavy atom. The van der Waals surface area contributed by atoms with Crippen molar-refractivity contribution in [3.8, 4) is 0 Å². The van der Waals surface area contributed by atoms with E-state index >= 15 is 0 Å². The van der Waals surface area contributed by atoms with Gasteiger partial charge in [0.05, 0.1) is 12.5 Å². The molecule has 108 valence electrons. The van der Waals surface area contributed by atoms with Crippen molar-refractivity contribution in [2.24, 2.45) is 0 Å². The van der Waals surface area contributed by atoms with E-state index in [1.165, 1.54) is 0 Å². The van der Waals surface area contributed by atoms with Gasteiger partial charge in [-0.3, -0.25) is 4.79 Å². The Balaban J connectivity index is 2.06. The lowest BCUT2D eigenvalue weighted by molar-refractivity contribution is -0.137. The van der Waals surface area contributed by atoms with Crippen LogP contribution in [0.3, 0.4) is 0 Å². The molecule has 0 aliphatic carbocycles. The van der Waals surface area contributed by atoms with E-state index in [1.807, 2.05) is 31.2 Å². The summed E-state index contributed by atoms with van der Waals surface area (Å²) in [6.45, 7) is 2.51. The molecule has 0 radical (unpaired) electrons. The molecule has 0 saturated carbocycles. The highest BCUT2D eigenvalue weighted by Gasteiger charge is 2.28. The van der Waals surface area contributed by atoms with Gasteiger partial charge in [-0.25, -0.2) is 4.79 Å². The predicted molar refractivity (Wildman–Crippen MR) is 80.3 cm³/mol. The summed E-state index contributed by atoms with van der Waals surface area (Å²) in [4.78, 5) is 24.8. The topological polar surface area (TPSA) is 69.6 Å². The summed E-state index contributed by atoms with van der Waals surface area (Å²) in [5.41, 5.74) is 1.76. The molecule has 1 fully saturated rings. The van der Waals surface area contributed by atoms with Gasteiger partial charge in [0.25, 0.3) is 0 Å². The lowest BCUT2D eigenvalue weighted by Gasteiger charge is -2.34. The van der Waals surface area contributed by atoms with Crippen molar-refractivity contribution >= 4 is 29.4 Å². The summed E-state index contributed by atoms with van der Waals surface area (Å²) in [5, 5.41) is 11.8. The van der Waals surface area contributed by atoms with E-state index in [0.717, 1.165) is 17.0 Å². The van der Waals surface area contributed by atoms with Crippen molar-refractivity contribution in [3.05, 3.63) is 29.8 Å². The third kappa shape index (κ3) is 3.66. The number of hydrogen-bond donors (Lipinski definition) is 2. The van der Waals surface area contributed by atoms with Crippen LogP contribution in [-0.2, 0) is 4.79 Å². The van der Waals surface area contributed by atoms with Crippen molar-refractivity contribution in [3.63, 3.8) is 0 Å². The minimum absolute atomic E-state index is 0.00576. The third-order valence-electron chi connectivity index (χ3n) is 3.29. The number of aryl methyl sites for hydroxylation is 1. The van der Waals surface area contributed by atoms with Crippen molar-refractivity contribution in [1.29, 1.82) is 0 Å². The number of anilines is 1. The van der Waals surface area contributed by atoms with E-state index in [2.05, 4.69) is 5.32 Å². The van der Waals surface area contributed by atoms with Gasteiger partial charge in [0.2, 0.25) is 0 Å². The summed E-state index contributed by atoms with van der Waals surface area (Å²) in [6.07, 6.45) is -0.00576. The van der Waals surface area contributed by atoms with E-state index in [0.29, 0.717) is 12.3 Å². The number of benzene rings is 1. The first-order valence-electron chi connectivity index (χ1n) is 6.50. The Kier molecular flexibility index (Phi) is 4.89. The second kappa shape index (κ2) is 6.65.